The second-order valence-electron chi connectivity index (χ2n) is 5.55. The minimum absolute atomic E-state index is 0.297. The summed E-state index contributed by atoms with van der Waals surface area (Å²) in [5, 5.41) is 3.57. The van der Waals surface area contributed by atoms with Crippen molar-refractivity contribution >= 4 is 0 Å². The Balaban J connectivity index is 2.28. The van der Waals surface area contributed by atoms with Gasteiger partial charge in [-0.15, -0.1) is 0 Å². The number of hydrogen-bond donors (Lipinski definition) is 1. The highest BCUT2D eigenvalue weighted by molar-refractivity contribution is 5.56. The maximum Gasteiger partial charge on any atom is 0.203 e. The zero-order valence-corrected chi connectivity index (χ0v) is 13.6. The van der Waals surface area contributed by atoms with Crippen molar-refractivity contribution in [3.05, 3.63) is 17.7 Å². The Hall–Kier alpha value is -1.42. The van der Waals surface area contributed by atoms with Crippen LogP contribution in [0.3, 0.4) is 0 Å². The van der Waals surface area contributed by atoms with Crippen molar-refractivity contribution in [1.29, 1.82) is 0 Å². The molecular formula is C17H27NO3. The summed E-state index contributed by atoms with van der Waals surface area (Å²) in [6.07, 6.45) is 5.18. The van der Waals surface area contributed by atoms with Gasteiger partial charge in [0.1, 0.15) is 0 Å². The van der Waals surface area contributed by atoms with E-state index in [9.17, 15) is 0 Å². The van der Waals surface area contributed by atoms with E-state index in [1.807, 2.05) is 6.07 Å². The third-order valence-electron chi connectivity index (χ3n) is 4.12. The van der Waals surface area contributed by atoms with Gasteiger partial charge in [-0.25, -0.2) is 0 Å². The molecule has 0 spiro atoms. The molecule has 1 aromatic carbocycles. The Labute approximate surface area is 127 Å². The maximum absolute atomic E-state index is 5.61. The molecule has 1 aliphatic rings. The Kier molecular flexibility index (Phi) is 5.74. The highest BCUT2D eigenvalue weighted by Crippen LogP contribution is 2.44. The van der Waals surface area contributed by atoms with E-state index in [1.165, 1.54) is 19.3 Å². The van der Waals surface area contributed by atoms with Gasteiger partial charge in [-0.3, -0.25) is 0 Å². The molecule has 1 unspecified atom stereocenters. The molecule has 118 valence electrons. The summed E-state index contributed by atoms with van der Waals surface area (Å²) < 4.78 is 16.5. The molecular weight excluding hydrogens is 266 g/mol. The second-order valence-corrected chi connectivity index (χ2v) is 5.55. The van der Waals surface area contributed by atoms with Crippen molar-refractivity contribution in [3.63, 3.8) is 0 Å². The second kappa shape index (κ2) is 7.55. The Morgan fingerprint density at radius 1 is 1.10 bits per heavy atom. The monoisotopic (exact) mass is 293 g/mol. The standard InChI is InChI=1S/C17H27NO3/c1-5-18-14(10-8-12-6-7-12)13-9-11-15(19-2)17(21-4)16(13)20-3/h9,11-12,14,18H,5-8,10H2,1-4H3. The van der Waals surface area contributed by atoms with Crippen LogP contribution in [0, 0.1) is 5.92 Å². The van der Waals surface area contributed by atoms with Crippen LogP contribution in [0.25, 0.3) is 0 Å². The first-order chi connectivity index (χ1) is 10.2. The van der Waals surface area contributed by atoms with Gasteiger partial charge in [-0.1, -0.05) is 19.8 Å². The molecule has 4 nitrogen and oxygen atoms in total. The number of ether oxygens (including phenoxy) is 3. The normalized spacial score (nSPS) is 15.6. The molecule has 1 aliphatic carbocycles. The van der Waals surface area contributed by atoms with Gasteiger partial charge in [0.15, 0.2) is 11.5 Å². The largest absolute Gasteiger partial charge is 0.493 e. The van der Waals surface area contributed by atoms with E-state index in [0.717, 1.165) is 30.2 Å². The van der Waals surface area contributed by atoms with E-state index in [4.69, 9.17) is 14.2 Å². The van der Waals surface area contributed by atoms with Gasteiger partial charge in [0.25, 0.3) is 0 Å². The van der Waals surface area contributed by atoms with E-state index in [-0.39, 0.29) is 0 Å². The third-order valence-corrected chi connectivity index (χ3v) is 4.12. The average Bonchev–Trinajstić information content (AvgIpc) is 3.34. The molecule has 1 N–H and O–H groups in total. The molecule has 1 saturated carbocycles. The summed E-state index contributed by atoms with van der Waals surface area (Å²) in [6.45, 7) is 3.07. The Bertz CT molecular complexity index is 458. The predicted molar refractivity (Wildman–Crippen MR) is 84.5 cm³/mol. The quantitative estimate of drug-likeness (QED) is 0.756. The fourth-order valence-corrected chi connectivity index (χ4v) is 2.82. The molecule has 4 heteroatoms. The molecule has 0 radical (unpaired) electrons. The summed E-state index contributed by atoms with van der Waals surface area (Å²) in [7, 11) is 4.98. The van der Waals surface area contributed by atoms with Crippen LogP contribution in [-0.4, -0.2) is 27.9 Å². The van der Waals surface area contributed by atoms with Gasteiger partial charge < -0.3 is 19.5 Å². The molecule has 1 aromatic rings. The molecule has 0 aromatic heterocycles. The summed E-state index contributed by atoms with van der Waals surface area (Å²) in [4.78, 5) is 0. The number of hydrogen-bond acceptors (Lipinski definition) is 4. The van der Waals surface area contributed by atoms with Crippen molar-refractivity contribution in [1.82, 2.24) is 5.32 Å². The molecule has 21 heavy (non-hydrogen) atoms. The molecule has 1 fully saturated rings. The molecule has 1 atom stereocenters. The van der Waals surface area contributed by atoms with Crippen LogP contribution in [0.1, 0.15) is 44.2 Å². The highest BCUT2D eigenvalue weighted by atomic mass is 16.5. The fourth-order valence-electron chi connectivity index (χ4n) is 2.82. The zero-order valence-electron chi connectivity index (χ0n) is 13.6. The minimum Gasteiger partial charge on any atom is -0.493 e. The minimum atomic E-state index is 0.297. The third kappa shape index (κ3) is 3.82. The summed E-state index contributed by atoms with van der Waals surface area (Å²) in [5.41, 5.74) is 1.15. The molecule has 0 heterocycles. The van der Waals surface area contributed by atoms with E-state index in [0.29, 0.717) is 17.5 Å². The maximum atomic E-state index is 5.61. The summed E-state index contributed by atoms with van der Waals surface area (Å²) in [5.74, 6) is 3.08. The molecule has 0 amide bonds. The smallest absolute Gasteiger partial charge is 0.203 e. The van der Waals surface area contributed by atoms with Gasteiger partial charge in [-0.05, 0) is 37.4 Å². The van der Waals surface area contributed by atoms with E-state index >= 15 is 0 Å². The number of nitrogens with one attached hydrogen (secondary N) is 1. The van der Waals surface area contributed by atoms with E-state index in [1.54, 1.807) is 21.3 Å². The topological polar surface area (TPSA) is 39.7 Å². The lowest BCUT2D eigenvalue weighted by molar-refractivity contribution is 0.318. The summed E-state index contributed by atoms with van der Waals surface area (Å²) >= 11 is 0. The van der Waals surface area contributed by atoms with Crippen molar-refractivity contribution in [2.24, 2.45) is 5.92 Å². The molecule has 0 saturated heterocycles. The van der Waals surface area contributed by atoms with Crippen LogP contribution in [0.5, 0.6) is 17.2 Å². The Morgan fingerprint density at radius 2 is 1.81 bits per heavy atom. The van der Waals surface area contributed by atoms with Crippen LogP contribution in [0.4, 0.5) is 0 Å². The van der Waals surface area contributed by atoms with Gasteiger partial charge in [0.05, 0.1) is 21.3 Å². The van der Waals surface area contributed by atoms with Crippen molar-refractivity contribution in [3.8, 4) is 17.2 Å². The van der Waals surface area contributed by atoms with Gasteiger partial charge in [0.2, 0.25) is 5.75 Å². The lowest BCUT2D eigenvalue weighted by Gasteiger charge is -2.23. The first kappa shape index (κ1) is 16.0. The average molecular weight is 293 g/mol. The van der Waals surface area contributed by atoms with Crippen LogP contribution in [0.15, 0.2) is 12.1 Å². The van der Waals surface area contributed by atoms with Crippen LogP contribution >= 0.6 is 0 Å². The van der Waals surface area contributed by atoms with Crippen molar-refractivity contribution in [2.75, 3.05) is 27.9 Å². The lowest BCUT2D eigenvalue weighted by Crippen LogP contribution is -2.22. The zero-order chi connectivity index (χ0) is 15.2. The first-order valence-electron chi connectivity index (χ1n) is 7.77. The summed E-state index contributed by atoms with van der Waals surface area (Å²) in [6, 6.07) is 4.34. The van der Waals surface area contributed by atoms with Gasteiger partial charge >= 0.3 is 0 Å². The van der Waals surface area contributed by atoms with E-state index < -0.39 is 0 Å². The lowest BCUT2D eigenvalue weighted by atomic mass is 9.98. The van der Waals surface area contributed by atoms with E-state index in [2.05, 4.69) is 18.3 Å². The molecule has 0 aliphatic heterocycles. The molecule has 2 rings (SSSR count). The Morgan fingerprint density at radius 3 is 2.33 bits per heavy atom. The SMILES string of the molecule is CCNC(CCC1CC1)c1ccc(OC)c(OC)c1OC. The van der Waals surface area contributed by atoms with Gasteiger partial charge in [-0.2, -0.15) is 0 Å². The van der Waals surface area contributed by atoms with Crippen LogP contribution < -0.4 is 19.5 Å². The van der Waals surface area contributed by atoms with Crippen molar-refractivity contribution in [2.45, 2.75) is 38.6 Å². The highest BCUT2D eigenvalue weighted by Gasteiger charge is 2.26. The van der Waals surface area contributed by atoms with Gasteiger partial charge in [0, 0.05) is 11.6 Å². The fraction of sp³-hybridized carbons (Fsp3) is 0.647. The first-order valence-corrected chi connectivity index (χ1v) is 7.77. The van der Waals surface area contributed by atoms with Crippen molar-refractivity contribution < 1.29 is 14.2 Å². The van der Waals surface area contributed by atoms with Crippen LogP contribution in [-0.2, 0) is 0 Å². The number of rotatable bonds is 9. The predicted octanol–water partition coefficient (Wildman–Crippen LogP) is 3.55. The molecule has 0 bridgehead atoms. The number of benzene rings is 1. The van der Waals surface area contributed by atoms with Crippen LogP contribution in [0.2, 0.25) is 0 Å². The number of methoxy groups -OCH3 is 3.